The monoisotopic (exact) mass is 606 g/mol. The van der Waals surface area contributed by atoms with Crippen molar-refractivity contribution in [3.63, 3.8) is 0 Å². The van der Waals surface area contributed by atoms with E-state index in [1.54, 1.807) is 52.5 Å². The first-order valence-corrected chi connectivity index (χ1v) is 14.2. The summed E-state index contributed by atoms with van der Waals surface area (Å²) in [4.78, 5) is 74.3. The molecule has 1 aromatic rings. The van der Waals surface area contributed by atoms with Gasteiger partial charge in [0, 0.05) is 18.5 Å². The second-order valence-corrected chi connectivity index (χ2v) is 13.1. The van der Waals surface area contributed by atoms with Crippen LogP contribution in [0.1, 0.15) is 67.5 Å². The SMILES string of the molecule is CC(C)(C)OC(=O)Nc1nc(/C(=N/OC(C)(C)C(=O)OC(C)(C)C)C(=O)N[C@@H]2C(=O)N[C@@H]2CN2CCC=CC2=O)cs1. The number of β-lactam (4-membered cyclic amide) rings is 1. The van der Waals surface area contributed by atoms with Crippen LogP contribution >= 0.6 is 11.3 Å². The highest BCUT2D eigenvalue weighted by molar-refractivity contribution is 7.14. The van der Waals surface area contributed by atoms with Crippen molar-refractivity contribution in [2.45, 2.75) is 90.7 Å². The maximum atomic E-state index is 13.5. The molecule has 3 heterocycles. The van der Waals surface area contributed by atoms with Gasteiger partial charge in [0.1, 0.15) is 22.9 Å². The zero-order valence-corrected chi connectivity index (χ0v) is 25.8. The molecule has 3 rings (SSSR count). The zero-order chi connectivity index (χ0) is 31.5. The van der Waals surface area contributed by atoms with Gasteiger partial charge < -0.3 is 29.8 Å². The van der Waals surface area contributed by atoms with Gasteiger partial charge in [0.2, 0.25) is 17.4 Å². The standard InChI is InChI=1S/C27H38N6O8S/c1-25(2,3)39-22(37)27(7,8)41-32-19(16-14-42-23(29-16)31-24(38)40-26(4,5)6)21(36)30-18-15(28-20(18)35)13-33-12-10-9-11-17(33)34/h9,11,14-15,18H,10,12-13H2,1-8H3,(H,28,35)(H,30,36)(H,29,31,38)/b32-19-/t15-,18+/m1/s1. The molecule has 4 amide bonds. The summed E-state index contributed by atoms with van der Waals surface area (Å²) < 4.78 is 10.6. The molecule has 0 spiro atoms. The van der Waals surface area contributed by atoms with Crippen LogP contribution in [0.4, 0.5) is 9.93 Å². The van der Waals surface area contributed by atoms with Crippen molar-refractivity contribution in [1.82, 2.24) is 20.5 Å². The zero-order valence-electron chi connectivity index (χ0n) is 25.0. The molecule has 2 atom stereocenters. The maximum absolute atomic E-state index is 13.5. The topological polar surface area (TPSA) is 178 Å². The third-order valence-electron chi connectivity index (χ3n) is 5.68. The predicted molar refractivity (Wildman–Crippen MR) is 154 cm³/mol. The Balaban J connectivity index is 1.82. The first kappa shape index (κ1) is 32.5. The second-order valence-electron chi connectivity index (χ2n) is 12.2. The fourth-order valence-electron chi connectivity index (χ4n) is 3.65. The number of hydrogen-bond acceptors (Lipinski definition) is 11. The van der Waals surface area contributed by atoms with Gasteiger partial charge in [0.15, 0.2) is 10.8 Å². The number of hydrogen-bond donors (Lipinski definition) is 3. The van der Waals surface area contributed by atoms with Gasteiger partial charge in [-0.25, -0.2) is 14.6 Å². The van der Waals surface area contributed by atoms with Crippen molar-refractivity contribution < 1.29 is 38.3 Å². The number of nitrogens with one attached hydrogen (secondary N) is 3. The number of thiazole rings is 1. The highest BCUT2D eigenvalue weighted by atomic mass is 32.1. The molecule has 2 aliphatic heterocycles. The number of ether oxygens (including phenoxy) is 2. The van der Waals surface area contributed by atoms with E-state index in [1.807, 2.05) is 0 Å². The van der Waals surface area contributed by atoms with Crippen LogP contribution in [-0.2, 0) is 33.5 Å². The van der Waals surface area contributed by atoms with Crippen LogP contribution in [0.15, 0.2) is 22.7 Å². The third kappa shape index (κ3) is 8.99. The average molecular weight is 607 g/mol. The van der Waals surface area contributed by atoms with Gasteiger partial charge in [-0.3, -0.25) is 19.7 Å². The summed E-state index contributed by atoms with van der Waals surface area (Å²) in [6.45, 7) is 13.8. The predicted octanol–water partition coefficient (Wildman–Crippen LogP) is 2.10. The van der Waals surface area contributed by atoms with Crippen LogP contribution in [-0.4, -0.2) is 87.4 Å². The van der Waals surface area contributed by atoms with Gasteiger partial charge in [0.05, 0.1) is 6.04 Å². The molecule has 0 bridgehead atoms. The molecule has 0 saturated carbocycles. The van der Waals surface area contributed by atoms with Gasteiger partial charge in [-0.2, -0.15) is 0 Å². The van der Waals surface area contributed by atoms with Crippen molar-refractivity contribution in [3.8, 4) is 0 Å². The van der Waals surface area contributed by atoms with Crippen LogP contribution in [0.5, 0.6) is 0 Å². The Morgan fingerprint density at radius 2 is 1.76 bits per heavy atom. The fraction of sp³-hybridized carbons (Fsp3) is 0.593. The molecule has 2 aliphatic rings. The number of amides is 4. The van der Waals surface area contributed by atoms with E-state index in [9.17, 15) is 24.0 Å². The van der Waals surface area contributed by atoms with E-state index >= 15 is 0 Å². The summed E-state index contributed by atoms with van der Waals surface area (Å²) in [5, 5.41) is 13.3. The minimum absolute atomic E-state index is 0.0103. The van der Waals surface area contributed by atoms with Crippen LogP contribution in [0.25, 0.3) is 0 Å². The number of oxime groups is 1. The quantitative estimate of drug-likeness (QED) is 0.164. The van der Waals surface area contributed by atoms with E-state index in [1.165, 1.54) is 25.3 Å². The molecule has 0 radical (unpaired) electrons. The minimum atomic E-state index is -1.59. The average Bonchev–Trinajstić information content (AvgIpc) is 3.29. The highest BCUT2D eigenvalue weighted by Crippen LogP contribution is 2.21. The Kier molecular flexibility index (Phi) is 9.65. The molecule has 0 aromatic carbocycles. The first-order chi connectivity index (χ1) is 19.3. The number of carbonyl (C=O) groups excluding carboxylic acids is 5. The van der Waals surface area contributed by atoms with Crippen molar-refractivity contribution >= 4 is 52.0 Å². The number of carbonyl (C=O) groups is 5. The second kappa shape index (κ2) is 12.5. The van der Waals surface area contributed by atoms with Gasteiger partial charge in [0.25, 0.3) is 5.91 Å². The van der Waals surface area contributed by atoms with Crippen molar-refractivity contribution in [1.29, 1.82) is 0 Å². The molecule has 1 aromatic heterocycles. The molecule has 14 nitrogen and oxygen atoms in total. The van der Waals surface area contributed by atoms with E-state index in [0.717, 1.165) is 11.3 Å². The van der Waals surface area contributed by atoms with E-state index in [-0.39, 0.29) is 29.0 Å². The van der Waals surface area contributed by atoms with Crippen LogP contribution in [0.2, 0.25) is 0 Å². The molecule has 230 valence electrons. The third-order valence-corrected chi connectivity index (χ3v) is 6.44. The van der Waals surface area contributed by atoms with E-state index in [0.29, 0.717) is 13.0 Å². The molecule has 42 heavy (non-hydrogen) atoms. The van der Waals surface area contributed by atoms with Gasteiger partial charge in [-0.15, -0.1) is 11.3 Å². The van der Waals surface area contributed by atoms with Crippen molar-refractivity contribution in [2.24, 2.45) is 5.16 Å². The Bertz CT molecular complexity index is 1290. The maximum Gasteiger partial charge on any atom is 0.413 e. The first-order valence-electron chi connectivity index (χ1n) is 13.4. The lowest BCUT2D eigenvalue weighted by Crippen LogP contribution is -2.72. The van der Waals surface area contributed by atoms with Gasteiger partial charge in [-0.1, -0.05) is 11.2 Å². The normalized spacial score (nSPS) is 19.4. The minimum Gasteiger partial charge on any atom is -0.457 e. The number of aromatic nitrogens is 1. The lowest BCUT2D eigenvalue weighted by atomic mass is 9.97. The summed E-state index contributed by atoms with van der Waals surface area (Å²) in [7, 11) is 0. The summed E-state index contributed by atoms with van der Waals surface area (Å²) in [5.74, 6) is -2.16. The van der Waals surface area contributed by atoms with E-state index < -0.39 is 52.8 Å². The number of nitrogens with zero attached hydrogens (tertiary/aromatic N) is 3. The lowest BCUT2D eigenvalue weighted by molar-refractivity contribution is -0.179. The largest absolute Gasteiger partial charge is 0.457 e. The Hall–Kier alpha value is -4.01. The number of rotatable bonds is 9. The van der Waals surface area contributed by atoms with Crippen LogP contribution in [0, 0.1) is 0 Å². The molecular formula is C27H38N6O8S. The van der Waals surface area contributed by atoms with Crippen molar-refractivity contribution in [2.75, 3.05) is 18.4 Å². The molecule has 1 saturated heterocycles. The Morgan fingerprint density at radius 3 is 2.36 bits per heavy atom. The molecular weight excluding hydrogens is 568 g/mol. The molecule has 3 N–H and O–H groups in total. The molecule has 1 fully saturated rings. The number of esters is 1. The van der Waals surface area contributed by atoms with Crippen LogP contribution < -0.4 is 16.0 Å². The summed E-state index contributed by atoms with van der Waals surface area (Å²) >= 11 is 0.999. The summed E-state index contributed by atoms with van der Waals surface area (Å²) in [5.41, 5.74) is -3.47. The lowest BCUT2D eigenvalue weighted by Gasteiger charge is -2.40. The highest BCUT2D eigenvalue weighted by Gasteiger charge is 2.43. The number of anilines is 1. The van der Waals surface area contributed by atoms with Gasteiger partial charge in [-0.05, 0) is 67.9 Å². The van der Waals surface area contributed by atoms with Crippen molar-refractivity contribution in [3.05, 3.63) is 23.2 Å². The molecule has 0 unspecified atom stereocenters. The van der Waals surface area contributed by atoms with E-state index in [2.05, 4.69) is 26.1 Å². The van der Waals surface area contributed by atoms with Gasteiger partial charge >= 0.3 is 12.1 Å². The fourth-order valence-corrected chi connectivity index (χ4v) is 4.33. The Morgan fingerprint density at radius 1 is 1.10 bits per heavy atom. The van der Waals surface area contributed by atoms with E-state index in [4.69, 9.17) is 14.3 Å². The Labute approximate surface area is 248 Å². The summed E-state index contributed by atoms with van der Waals surface area (Å²) in [6, 6.07) is -1.49. The molecule has 0 aliphatic carbocycles. The van der Waals surface area contributed by atoms with Crippen LogP contribution in [0.3, 0.4) is 0 Å². The smallest absolute Gasteiger partial charge is 0.413 e. The summed E-state index contributed by atoms with van der Waals surface area (Å²) in [6.07, 6.45) is 3.19. The molecule has 15 heteroatoms.